The van der Waals surface area contributed by atoms with E-state index in [1.54, 1.807) is 31.2 Å². The third-order valence-corrected chi connectivity index (χ3v) is 7.15. The number of benzene rings is 3. The maximum Gasteiger partial charge on any atom is 0.416 e. The number of aromatic nitrogens is 2. The Kier molecular flexibility index (Phi) is 7.00. The van der Waals surface area contributed by atoms with Crippen LogP contribution in [0.4, 0.5) is 13.2 Å². The maximum absolute atomic E-state index is 13.3. The van der Waals surface area contributed by atoms with E-state index < -0.39 is 17.3 Å². The molecule has 180 valence electrons. The molecule has 6 nitrogen and oxygen atoms in total. The van der Waals surface area contributed by atoms with Crippen molar-refractivity contribution in [1.82, 2.24) is 9.66 Å². The molecule has 1 aromatic heterocycles. The van der Waals surface area contributed by atoms with Gasteiger partial charge in [0.2, 0.25) is 0 Å². The van der Waals surface area contributed by atoms with Gasteiger partial charge in [-0.15, -0.1) is 0 Å². The van der Waals surface area contributed by atoms with Crippen molar-refractivity contribution in [2.45, 2.75) is 13.1 Å². The number of nitrogens with zero attached hydrogens (tertiary/aromatic N) is 3. The van der Waals surface area contributed by atoms with Crippen LogP contribution in [0, 0.1) is 0 Å². The number of hydrogen-bond acceptors (Lipinski definition) is 5. The number of halogens is 5. The highest BCUT2D eigenvalue weighted by Gasteiger charge is 2.31. The number of phenols is 1. The van der Waals surface area contributed by atoms with Gasteiger partial charge >= 0.3 is 6.18 Å². The van der Waals surface area contributed by atoms with Gasteiger partial charge in [0.15, 0.2) is 17.3 Å². The third-order valence-electron chi connectivity index (χ3n) is 4.99. The highest BCUT2D eigenvalue weighted by molar-refractivity contribution is 9.13. The molecular weight excluding hydrogens is 595 g/mol. The monoisotopic (exact) mass is 609 g/mol. The quantitative estimate of drug-likeness (QED) is 0.259. The Morgan fingerprint density at radius 2 is 1.86 bits per heavy atom. The van der Waals surface area contributed by atoms with E-state index in [-0.39, 0.29) is 28.3 Å². The predicted octanol–water partition coefficient (Wildman–Crippen LogP) is 6.59. The molecule has 1 N–H and O–H groups in total. The molecule has 4 aromatic rings. The normalized spacial score (nSPS) is 11.9. The van der Waals surface area contributed by atoms with Crippen LogP contribution < -0.4 is 10.3 Å². The van der Waals surface area contributed by atoms with Crippen molar-refractivity contribution in [3.05, 3.63) is 85.0 Å². The van der Waals surface area contributed by atoms with Crippen molar-refractivity contribution >= 4 is 49.0 Å². The molecule has 0 bridgehead atoms. The molecule has 0 aliphatic heterocycles. The lowest BCUT2D eigenvalue weighted by molar-refractivity contribution is -0.137. The minimum Gasteiger partial charge on any atom is -0.503 e. The van der Waals surface area contributed by atoms with Crippen LogP contribution in [0.15, 0.2) is 73.4 Å². The number of rotatable bonds is 5. The Balaban J connectivity index is 1.94. The molecule has 1 heterocycles. The van der Waals surface area contributed by atoms with E-state index in [4.69, 9.17) is 4.74 Å². The molecule has 11 heteroatoms. The van der Waals surface area contributed by atoms with Gasteiger partial charge < -0.3 is 9.84 Å². The fraction of sp³-hybridized carbons (Fsp3) is 0.125. The van der Waals surface area contributed by atoms with Crippen LogP contribution in [0.1, 0.15) is 18.1 Å². The summed E-state index contributed by atoms with van der Waals surface area (Å²) in [4.78, 5) is 17.7. The molecule has 0 amide bonds. The minimum absolute atomic E-state index is 0.0601. The molecule has 0 radical (unpaired) electrons. The van der Waals surface area contributed by atoms with Crippen molar-refractivity contribution in [2.75, 3.05) is 6.61 Å². The summed E-state index contributed by atoms with van der Waals surface area (Å²) < 4.78 is 47.2. The zero-order valence-electron chi connectivity index (χ0n) is 18.0. The third kappa shape index (κ3) is 4.96. The Labute approximate surface area is 214 Å². The first-order valence-corrected chi connectivity index (χ1v) is 11.8. The molecule has 0 aliphatic rings. The van der Waals surface area contributed by atoms with E-state index in [1.807, 2.05) is 0 Å². The average Bonchev–Trinajstić information content (AvgIpc) is 2.84. The van der Waals surface area contributed by atoms with Crippen LogP contribution in [0.3, 0.4) is 0 Å². The second-order valence-electron chi connectivity index (χ2n) is 7.27. The number of phenolic OH excluding ortho intramolecular Hbond substituents is 1. The van der Waals surface area contributed by atoms with Gasteiger partial charge in [-0.3, -0.25) is 4.79 Å². The van der Waals surface area contributed by atoms with E-state index in [2.05, 4.69) is 41.9 Å². The number of ether oxygens (including phenoxy) is 1. The number of alkyl halides is 3. The van der Waals surface area contributed by atoms with Crippen molar-refractivity contribution in [2.24, 2.45) is 5.10 Å². The van der Waals surface area contributed by atoms with Crippen LogP contribution in [0.5, 0.6) is 11.5 Å². The molecule has 35 heavy (non-hydrogen) atoms. The Bertz CT molecular complexity index is 1520. The Hall–Kier alpha value is -3.18. The topological polar surface area (TPSA) is 76.7 Å². The fourth-order valence-corrected chi connectivity index (χ4v) is 4.17. The van der Waals surface area contributed by atoms with Gasteiger partial charge in [-0.25, -0.2) is 4.98 Å². The van der Waals surface area contributed by atoms with Gasteiger partial charge in [-0.05, 0) is 69.1 Å². The lowest BCUT2D eigenvalue weighted by Crippen LogP contribution is -2.20. The van der Waals surface area contributed by atoms with Crippen LogP contribution in [-0.2, 0) is 6.18 Å². The zero-order valence-corrected chi connectivity index (χ0v) is 21.1. The largest absolute Gasteiger partial charge is 0.503 e. The van der Waals surface area contributed by atoms with Crippen molar-refractivity contribution in [3.8, 4) is 22.9 Å². The first-order valence-electron chi connectivity index (χ1n) is 10.2. The Morgan fingerprint density at radius 1 is 1.11 bits per heavy atom. The van der Waals surface area contributed by atoms with Gasteiger partial charge in [0, 0.05) is 15.6 Å². The standard InChI is InChI=1S/C24H16Br2F3N3O3/c1-2-35-18-11-14(19(25)20(26)21(18)33)12-30-32-22(13-6-5-7-15(10-13)24(27,28)29)31-17-9-4-3-8-16(17)23(32)34/h3-12,33H,2H2,1H3. The molecule has 4 rings (SSSR count). The van der Waals surface area contributed by atoms with Gasteiger partial charge in [-0.2, -0.15) is 22.9 Å². The molecule has 0 fully saturated rings. The second kappa shape index (κ2) is 9.82. The summed E-state index contributed by atoms with van der Waals surface area (Å²) >= 11 is 6.64. The van der Waals surface area contributed by atoms with E-state index in [9.17, 15) is 23.1 Å². The van der Waals surface area contributed by atoms with Gasteiger partial charge in [0.05, 0.1) is 33.8 Å². The predicted molar refractivity (Wildman–Crippen MR) is 134 cm³/mol. The van der Waals surface area contributed by atoms with Crippen molar-refractivity contribution in [1.29, 1.82) is 0 Å². The second-order valence-corrected chi connectivity index (χ2v) is 8.85. The smallest absolute Gasteiger partial charge is 0.416 e. The van der Waals surface area contributed by atoms with Crippen LogP contribution >= 0.6 is 31.9 Å². The minimum atomic E-state index is -4.57. The summed E-state index contributed by atoms with van der Waals surface area (Å²) in [5.41, 5.74) is -0.602. The molecule has 0 saturated heterocycles. The molecule has 0 aliphatic carbocycles. The SMILES string of the molecule is CCOc1cc(C=Nn2c(-c3cccc(C(F)(F)F)c3)nc3ccccc3c2=O)c(Br)c(Br)c1O. The molecule has 0 saturated carbocycles. The maximum atomic E-state index is 13.3. The summed E-state index contributed by atoms with van der Waals surface area (Å²) in [5, 5.41) is 14.8. The fourth-order valence-electron chi connectivity index (χ4n) is 3.34. The van der Waals surface area contributed by atoms with Gasteiger partial charge in [0.1, 0.15) is 0 Å². The summed E-state index contributed by atoms with van der Waals surface area (Å²) in [7, 11) is 0. The highest BCUT2D eigenvalue weighted by Crippen LogP contribution is 2.41. The van der Waals surface area contributed by atoms with E-state index in [1.165, 1.54) is 24.4 Å². The molecule has 3 aromatic carbocycles. The van der Waals surface area contributed by atoms with E-state index in [0.717, 1.165) is 16.8 Å². The van der Waals surface area contributed by atoms with Crippen LogP contribution in [0.25, 0.3) is 22.3 Å². The van der Waals surface area contributed by atoms with Crippen LogP contribution in [0.2, 0.25) is 0 Å². The van der Waals surface area contributed by atoms with Gasteiger partial charge in [-0.1, -0.05) is 24.3 Å². The first-order chi connectivity index (χ1) is 16.6. The number of para-hydroxylation sites is 1. The molecular formula is C24H16Br2F3N3O3. The molecule has 0 unspecified atom stereocenters. The number of fused-ring (bicyclic) bond motifs is 1. The number of aromatic hydroxyl groups is 1. The van der Waals surface area contributed by atoms with E-state index in [0.29, 0.717) is 26.6 Å². The molecule has 0 atom stereocenters. The zero-order chi connectivity index (χ0) is 25.3. The lowest BCUT2D eigenvalue weighted by Gasteiger charge is -2.13. The highest BCUT2D eigenvalue weighted by atomic mass is 79.9. The summed E-state index contributed by atoms with van der Waals surface area (Å²) in [6, 6.07) is 12.6. The Morgan fingerprint density at radius 3 is 2.57 bits per heavy atom. The number of hydrogen-bond donors (Lipinski definition) is 1. The van der Waals surface area contributed by atoms with Crippen LogP contribution in [-0.4, -0.2) is 27.6 Å². The van der Waals surface area contributed by atoms with Crippen molar-refractivity contribution < 1.29 is 23.0 Å². The van der Waals surface area contributed by atoms with E-state index >= 15 is 0 Å². The molecule has 0 spiro atoms. The summed E-state index contributed by atoms with van der Waals surface area (Å²) in [6.45, 7) is 2.05. The lowest BCUT2D eigenvalue weighted by atomic mass is 10.1. The summed E-state index contributed by atoms with van der Waals surface area (Å²) in [5.74, 6) is 0.00577. The van der Waals surface area contributed by atoms with Gasteiger partial charge in [0.25, 0.3) is 5.56 Å². The average molecular weight is 611 g/mol. The summed E-state index contributed by atoms with van der Waals surface area (Å²) in [6.07, 6.45) is -3.24. The first kappa shape index (κ1) is 24.9. The van der Waals surface area contributed by atoms with Crippen molar-refractivity contribution in [3.63, 3.8) is 0 Å².